The fourth-order valence-electron chi connectivity index (χ4n) is 4.52. The van der Waals surface area contributed by atoms with E-state index in [1.807, 2.05) is 0 Å². The topological polar surface area (TPSA) is 55.8 Å². The van der Waals surface area contributed by atoms with E-state index in [4.69, 9.17) is 9.47 Å². The van der Waals surface area contributed by atoms with E-state index < -0.39 is 6.10 Å². The normalized spacial score (nSPS) is 12.8. The highest BCUT2D eigenvalue weighted by Crippen LogP contribution is 2.12. The van der Waals surface area contributed by atoms with Gasteiger partial charge >= 0.3 is 5.97 Å². The summed E-state index contributed by atoms with van der Waals surface area (Å²) in [7, 11) is 0. The fraction of sp³-hybridized carbons (Fsp3) is 0.800. The molecule has 0 rings (SSSR count). The highest BCUT2D eigenvalue weighted by Gasteiger charge is 2.13. The summed E-state index contributed by atoms with van der Waals surface area (Å²) in [6.45, 7) is 5.20. The van der Waals surface area contributed by atoms with Crippen molar-refractivity contribution in [3.05, 3.63) is 36.5 Å². The Morgan fingerprint density at radius 3 is 1.74 bits per heavy atom. The molecule has 4 nitrogen and oxygen atoms in total. The van der Waals surface area contributed by atoms with Crippen LogP contribution in [0.25, 0.3) is 0 Å². The van der Waals surface area contributed by atoms with Gasteiger partial charge in [-0.25, -0.2) is 0 Å². The van der Waals surface area contributed by atoms with Gasteiger partial charge in [0.1, 0.15) is 6.10 Å². The number of hydrogen-bond donors (Lipinski definition) is 1. The first-order valence-electron chi connectivity index (χ1n) is 16.6. The molecule has 0 saturated heterocycles. The van der Waals surface area contributed by atoms with Crippen LogP contribution in [0.3, 0.4) is 0 Å². The van der Waals surface area contributed by atoms with E-state index in [0.717, 1.165) is 38.5 Å². The molecule has 1 N–H and O–H groups in total. The summed E-state index contributed by atoms with van der Waals surface area (Å²) in [5.41, 5.74) is 0. The second kappa shape index (κ2) is 32.8. The molecule has 0 bridgehead atoms. The highest BCUT2D eigenvalue weighted by atomic mass is 16.6. The molecule has 0 aromatic heterocycles. The molecule has 4 heteroatoms. The average molecular weight is 549 g/mol. The summed E-state index contributed by atoms with van der Waals surface area (Å²) < 4.78 is 11.1. The van der Waals surface area contributed by atoms with Gasteiger partial charge in [-0.15, -0.1) is 0 Å². The second-order valence-electron chi connectivity index (χ2n) is 10.9. The lowest BCUT2D eigenvalue weighted by Crippen LogP contribution is -2.27. The largest absolute Gasteiger partial charge is 0.457 e. The Bertz CT molecular complexity index is 581. The van der Waals surface area contributed by atoms with E-state index in [-0.39, 0.29) is 12.6 Å². The molecule has 0 aliphatic carbocycles. The number of carbonyl (C=O) groups is 1. The van der Waals surface area contributed by atoms with Crippen LogP contribution in [0.15, 0.2) is 36.5 Å². The van der Waals surface area contributed by atoms with Crippen LogP contribution in [0.4, 0.5) is 0 Å². The van der Waals surface area contributed by atoms with Crippen LogP contribution in [0, 0.1) is 0 Å². The van der Waals surface area contributed by atoms with E-state index in [0.29, 0.717) is 19.6 Å². The zero-order valence-corrected chi connectivity index (χ0v) is 25.9. The maximum atomic E-state index is 12.0. The minimum Gasteiger partial charge on any atom is -0.457 e. The van der Waals surface area contributed by atoms with E-state index in [1.165, 1.54) is 96.3 Å². The van der Waals surface area contributed by atoms with Gasteiger partial charge in [-0.2, -0.15) is 0 Å². The van der Waals surface area contributed by atoms with Crippen molar-refractivity contribution in [3.63, 3.8) is 0 Å². The number of ether oxygens (including phenoxy) is 2. The molecular weight excluding hydrogens is 484 g/mol. The molecule has 0 aliphatic rings. The smallest absolute Gasteiger partial charge is 0.306 e. The Hall–Kier alpha value is -1.39. The average Bonchev–Trinajstić information content (AvgIpc) is 2.94. The fourth-order valence-corrected chi connectivity index (χ4v) is 4.52. The van der Waals surface area contributed by atoms with Crippen molar-refractivity contribution in [2.75, 3.05) is 19.8 Å². The molecule has 39 heavy (non-hydrogen) atoms. The summed E-state index contributed by atoms with van der Waals surface area (Å²) in [6.07, 6.45) is 38.9. The van der Waals surface area contributed by atoms with E-state index in [2.05, 4.69) is 50.3 Å². The lowest BCUT2D eigenvalue weighted by atomic mass is 10.1. The van der Waals surface area contributed by atoms with E-state index in [1.54, 1.807) is 0 Å². The number of unbranched alkanes of at least 4 members (excludes halogenated alkanes) is 16. The third-order valence-corrected chi connectivity index (χ3v) is 6.98. The number of rotatable bonds is 30. The van der Waals surface area contributed by atoms with Gasteiger partial charge in [0.25, 0.3) is 0 Å². The van der Waals surface area contributed by atoms with Crippen molar-refractivity contribution in [1.82, 2.24) is 0 Å². The Kier molecular flexibility index (Phi) is 31.7. The van der Waals surface area contributed by atoms with Gasteiger partial charge in [-0.1, -0.05) is 140 Å². The monoisotopic (exact) mass is 548 g/mol. The molecule has 228 valence electrons. The predicted molar refractivity (Wildman–Crippen MR) is 168 cm³/mol. The minimum atomic E-state index is -0.532. The molecule has 0 spiro atoms. The Labute approximate surface area is 242 Å². The van der Waals surface area contributed by atoms with Gasteiger partial charge in [-0.3, -0.25) is 4.79 Å². The van der Waals surface area contributed by atoms with Crippen molar-refractivity contribution in [2.45, 2.75) is 161 Å². The summed E-state index contributed by atoms with van der Waals surface area (Å²) in [5.74, 6) is -0.209. The number of carbonyl (C=O) groups excluding carboxylic acids is 1. The molecule has 0 heterocycles. The lowest BCUT2D eigenvalue weighted by Gasteiger charge is -2.16. The molecule has 0 amide bonds. The summed E-state index contributed by atoms with van der Waals surface area (Å²) >= 11 is 0. The van der Waals surface area contributed by atoms with E-state index >= 15 is 0 Å². The maximum absolute atomic E-state index is 12.0. The first-order chi connectivity index (χ1) is 19.2. The predicted octanol–water partition coefficient (Wildman–Crippen LogP) is 10.2. The Balaban J connectivity index is 3.44. The second-order valence-corrected chi connectivity index (χ2v) is 10.9. The van der Waals surface area contributed by atoms with Gasteiger partial charge < -0.3 is 14.6 Å². The summed E-state index contributed by atoms with van der Waals surface area (Å²) in [5, 5.41) is 9.50. The van der Waals surface area contributed by atoms with Crippen molar-refractivity contribution in [2.24, 2.45) is 0 Å². The standard InChI is InChI=1S/C35H64O4/c1-3-5-7-9-11-13-14-15-16-17-18-19-20-21-23-25-27-29-31-38-33-34(32-36)39-35(37)30-28-26-24-22-12-10-8-6-4-2/h5,7,11,13,15-16,34,36H,3-4,6,8-10,12,14,17-33H2,1-2H3/b7-5-,13-11-,16-15-. The summed E-state index contributed by atoms with van der Waals surface area (Å²) in [4.78, 5) is 12.0. The first-order valence-corrected chi connectivity index (χ1v) is 16.6. The van der Waals surface area contributed by atoms with Crippen LogP contribution < -0.4 is 0 Å². The van der Waals surface area contributed by atoms with Crippen LogP contribution >= 0.6 is 0 Å². The minimum absolute atomic E-state index is 0.173. The zero-order chi connectivity index (χ0) is 28.5. The first kappa shape index (κ1) is 37.6. The molecule has 0 saturated carbocycles. The number of hydrogen-bond acceptors (Lipinski definition) is 4. The van der Waals surface area contributed by atoms with Crippen molar-refractivity contribution in [1.29, 1.82) is 0 Å². The SMILES string of the molecule is CC/C=C\C/C=C\C/C=C\CCCCCCCCCCOCC(CO)OC(=O)CCCCCCCCCCC. The molecule has 0 aromatic rings. The van der Waals surface area contributed by atoms with Crippen molar-refractivity contribution < 1.29 is 19.4 Å². The maximum Gasteiger partial charge on any atom is 0.306 e. The number of esters is 1. The van der Waals surface area contributed by atoms with E-state index in [9.17, 15) is 9.90 Å². The van der Waals surface area contributed by atoms with Crippen molar-refractivity contribution >= 4 is 5.97 Å². The number of aliphatic hydroxyl groups excluding tert-OH is 1. The number of allylic oxidation sites excluding steroid dienone is 6. The van der Waals surface area contributed by atoms with Crippen molar-refractivity contribution in [3.8, 4) is 0 Å². The molecule has 1 unspecified atom stereocenters. The molecule has 0 aromatic carbocycles. The van der Waals surface area contributed by atoms with Crippen LogP contribution in [0.2, 0.25) is 0 Å². The van der Waals surface area contributed by atoms with Gasteiger partial charge in [0.05, 0.1) is 13.2 Å². The summed E-state index contributed by atoms with van der Waals surface area (Å²) in [6, 6.07) is 0. The molecular formula is C35H64O4. The number of aliphatic hydroxyl groups is 1. The lowest BCUT2D eigenvalue weighted by molar-refractivity contribution is -0.154. The molecule has 0 fully saturated rings. The Morgan fingerprint density at radius 1 is 0.641 bits per heavy atom. The van der Waals surface area contributed by atoms with Gasteiger partial charge in [0.15, 0.2) is 0 Å². The molecule has 0 radical (unpaired) electrons. The van der Waals surface area contributed by atoms with Gasteiger partial charge in [0.2, 0.25) is 0 Å². The van der Waals surface area contributed by atoms with Crippen LogP contribution in [0.5, 0.6) is 0 Å². The Morgan fingerprint density at radius 2 is 1.15 bits per heavy atom. The third kappa shape index (κ3) is 31.0. The van der Waals surface area contributed by atoms with Crippen LogP contribution in [-0.4, -0.2) is 37.0 Å². The van der Waals surface area contributed by atoms with Crippen LogP contribution in [0.1, 0.15) is 155 Å². The van der Waals surface area contributed by atoms with Gasteiger partial charge in [-0.05, 0) is 44.9 Å². The highest BCUT2D eigenvalue weighted by molar-refractivity contribution is 5.69. The molecule has 1 atom stereocenters. The van der Waals surface area contributed by atoms with Gasteiger partial charge in [0, 0.05) is 13.0 Å². The molecule has 0 aliphatic heterocycles. The van der Waals surface area contributed by atoms with Crippen LogP contribution in [-0.2, 0) is 14.3 Å². The third-order valence-electron chi connectivity index (χ3n) is 6.98. The zero-order valence-electron chi connectivity index (χ0n) is 25.9. The quantitative estimate of drug-likeness (QED) is 0.0551.